The fraction of sp³-hybridized carbons (Fsp3) is 0.538. The fourth-order valence-corrected chi connectivity index (χ4v) is 5.28. The molecular weight excluding hydrogens is 233 g/mol. The molecule has 16 heavy (non-hydrogen) atoms. The lowest BCUT2D eigenvalue weighted by atomic mass is 10.3. The lowest BCUT2D eigenvalue weighted by Crippen LogP contribution is -2.35. The summed E-state index contributed by atoms with van der Waals surface area (Å²) in [5, 5.41) is 5.03. The molecule has 0 aliphatic carbocycles. The largest absolute Gasteiger partial charge is 0.282 e. The van der Waals surface area contributed by atoms with Crippen LogP contribution < -0.4 is 10.4 Å². The van der Waals surface area contributed by atoms with Crippen molar-refractivity contribution in [3.63, 3.8) is 0 Å². The maximum absolute atomic E-state index is 5.98. The molecule has 1 nitrogen and oxygen atoms in total. The normalized spacial score (nSPS) is 16.1. The number of hydrogen-bond donors (Lipinski definition) is 1. The van der Waals surface area contributed by atoms with Gasteiger partial charge in [0.1, 0.15) is 0 Å². The SMILES string of the molecule is CC(C)N[P@](=S)(c1ccccc1)C(C)(C)C. The van der Waals surface area contributed by atoms with Crippen molar-refractivity contribution in [3.8, 4) is 0 Å². The zero-order chi connectivity index (χ0) is 12.4. The summed E-state index contributed by atoms with van der Waals surface area (Å²) < 4.78 is 0. The summed E-state index contributed by atoms with van der Waals surface area (Å²) in [6, 6.07) is 10.9. The maximum atomic E-state index is 5.98. The smallest absolute Gasteiger partial charge is 0.0457 e. The minimum atomic E-state index is -1.73. The van der Waals surface area contributed by atoms with E-state index in [-0.39, 0.29) is 5.16 Å². The fourth-order valence-electron chi connectivity index (χ4n) is 1.66. The van der Waals surface area contributed by atoms with Gasteiger partial charge in [0.05, 0.1) is 0 Å². The van der Waals surface area contributed by atoms with Gasteiger partial charge in [-0.1, -0.05) is 62.9 Å². The summed E-state index contributed by atoms with van der Waals surface area (Å²) in [4.78, 5) is 0. The summed E-state index contributed by atoms with van der Waals surface area (Å²) in [7, 11) is 0. The van der Waals surface area contributed by atoms with Crippen molar-refractivity contribution >= 4 is 23.3 Å². The van der Waals surface area contributed by atoms with Crippen LogP contribution in [0, 0.1) is 0 Å². The average Bonchev–Trinajstić information content (AvgIpc) is 2.16. The van der Waals surface area contributed by atoms with Crippen LogP contribution in [0.2, 0.25) is 0 Å². The lowest BCUT2D eigenvalue weighted by Gasteiger charge is -2.37. The second-order valence-corrected chi connectivity index (χ2v) is 10.4. The third-order valence-electron chi connectivity index (χ3n) is 2.50. The van der Waals surface area contributed by atoms with Crippen molar-refractivity contribution in [1.82, 2.24) is 5.09 Å². The van der Waals surface area contributed by atoms with E-state index in [9.17, 15) is 0 Å². The molecule has 0 unspecified atom stereocenters. The molecule has 0 spiro atoms. The van der Waals surface area contributed by atoms with Crippen LogP contribution in [0.3, 0.4) is 0 Å². The van der Waals surface area contributed by atoms with E-state index in [1.165, 1.54) is 5.30 Å². The van der Waals surface area contributed by atoms with Crippen molar-refractivity contribution in [1.29, 1.82) is 0 Å². The average molecular weight is 255 g/mol. The van der Waals surface area contributed by atoms with Gasteiger partial charge in [-0.05, 0) is 19.2 Å². The molecule has 0 amide bonds. The molecule has 0 aliphatic heterocycles. The second-order valence-electron chi connectivity index (χ2n) is 5.40. The van der Waals surface area contributed by atoms with Crippen molar-refractivity contribution in [3.05, 3.63) is 30.3 Å². The van der Waals surface area contributed by atoms with E-state index in [1.807, 2.05) is 6.07 Å². The zero-order valence-corrected chi connectivity index (χ0v) is 12.5. The molecule has 0 bridgehead atoms. The first-order valence-corrected chi connectivity index (χ1v) is 8.51. The molecule has 0 fully saturated rings. The summed E-state index contributed by atoms with van der Waals surface area (Å²) in [5.74, 6) is 0. The Morgan fingerprint density at radius 3 is 2.00 bits per heavy atom. The summed E-state index contributed by atoms with van der Waals surface area (Å²) in [6.45, 7) is 11.0. The Bertz CT molecular complexity index is 379. The van der Waals surface area contributed by atoms with Gasteiger partial charge in [0.25, 0.3) is 0 Å². The van der Waals surface area contributed by atoms with Crippen LogP contribution in [0.5, 0.6) is 0 Å². The van der Waals surface area contributed by atoms with Crippen LogP contribution in [0.15, 0.2) is 30.3 Å². The molecule has 0 heterocycles. The molecule has 1 rings (SSSR count). The molecule has 0 aromatic heterocycles. The van der Waals surface area contributed by atoms with E-state index in [0.29, 0.717) is 6.04 Å². The maximum Gasteiger partial charge on any atom is 0.0457 e. The highest BCUT2D eigenvalue weighted by Crippen LogP contribution is 2.53. The van der Waals surface area contributed by atoms with Crippen LogP contribution in [0.25, 0.3) is 0 Å². The number of nitrogens with one attached hydrogen (secondary N) is 1. The number of benzene rings is 1. The monoisotopic (exact) mass is 255 g/mol. The Morgan fingerprint density at radius 2 is 1.62 bits per heavy atom. The predicted molar refractivity (Wildman–Crippen MR) is 78.4 cm³/mol. The first-order valence-electron chi connectivity index (χ1n) is 5.71. The van der Waals surface area contributed by atoms with Crippen molar-refractivity contribution < 1.29 is 0 Å². The molecule has 3 heteroatoms. The standard InChI is InChI=1S/C13H22NPS/c1-11(2)14-15(16,13(3,4)5)12-9-7-6-8-10-12/h6-11H,1-5H3,(H,14,16)/t15-/m0/s1. The van der Waals surface area contributed by atoms with Gasteiger partial charge in [0, 0.05) is 17.4 Å². The minimum absolute atomic E-state index is 0.105. The van der Waals surface area contributed by atoms with Gasteiger partial charge >= 0.3 is 0 Å². The Labute approximate surface area is 105 Å². The Balaban J connectivity index is 3.22. The number of rotatable bonds is 3. The summed E-state index contributed by atoms with van der Waals surface area (Å²) in [6.07, 6.45) is -1.73. The molecule has 0 radical (unpaired) electrons. The van der Waals surface area contributed by atoms with E-state index >= 15 is 0 Å². The highest BCUT2D eigenvalue weighted by Gasteiger charge is 2.33. The first kappa shape index (κ1) is 13.9. The topological polar surface area (TPSA) is 12.0 Å². The van der Waals surface area contributed by atoms with E-state index < -0.39 is 6.19 Å². The second kappa shape index (κ2) is 5.00. The molecule has 1 N–H and O–H groups in total. The minimum Gasteiger partial charge on any atom is -0.282 e. The summed E-state index contributed by atoms with van der Waals surface area (Å²) in [5.41, 5.74) is 0. The quantitative estimate of drug-likeness (QED) is 0.830. The van der Waals surface area contributed by atoms with Gasteiger partial charge in [0.2, 0.25) is 0 Å². The molecule has 0 saturated carbocycles. The first-order chi connectivity index (χ1) is 7.27. The van der Waals surface area contributed by atoms with Crippen LogP contribution in [-0.2, 0) is 11.8 Å². The van der Waals surface area contributed by atoms with E-state index in [2.05, 4.69) is 64.0 Å². The van der Waals surface area contributed by atoms with Crippen molar-refractivity contribution in [2.24, 2.45) is 0 Å². The lowest BCUT2D eigenvalue weighted by molar-refractivity contribution is 0.714. The molecule has 1 aromatic carbocycles. The predicted octanol–water partition coefficient (Wildman–Crippen LogP) is 3.50. The van der Waals surface area contributed by atoms with Gasteiger partial charge in [-0.25, -0.2) is 0 Å². The molecule has 1 aromatic rings. The van der Waals surface area contributed by atoms with Gasteiger partial charge in [-0.15, -0.1) is 0 Å². The molecular formula is C13H22NPS. The summed E-state index contributed by atoms with van der Waals surface area (Å²) >= 11 is 5.98. The van der Waals surface area contributed by atoms with Gasteiger partial charge in [-0.2, -0.15) is 0 Å². The molecule has 90 valence electrons. The van der Waals surface area contributed by atoms with Crippen LogP contribution >= 0.6 is 6.19 Å². The van der Waals surface area contributed by atoms with E-state index in [0.717, 1.165) is 0 Å². The van der Waals surface area contributed by atoms with Crippen LogP contribution in [-0.4, -0.2) is 11.2 Å². The molecule has 1 atom stereocenters. The van der Waals surface area contributed by atoms with E-state index in [1.54, 1.807) is 0 Å². The Morgan fingerprint density at radius 1 is 1.12 bits per heavy atom. The van der Waals surface area contributed by atoms with Crippen LogP contribution in [0.4, 0.5) is 0 Å². The highest BCUT2D eigenvalue weighted by molar-refractivity contribution is 8.18. The van der Waals surface area contributed by atoms with Crippen molar-refractivity contribution in [2.45, 2.75) is 45.8 Å². The van der Waals surface area contributed by atoms with Gasteiger partial charge < -0.3 is 0 Å². The molecule has 0 saturated heterocycles. The Hall–Kier alpha value is -0.170. The molecule has 0 aliphatic rings. The van der Waals surface area contributed by atoms with E-state index in [4.69, 9.17) is 11.8 Å². The Kier molecular flexibility index (Phi) is 4.34. The highest BCUT2D eigenvalue weighted by atomic mass is 32.4. The van der Waals surface area contributed by atoms with Crippen molar-refractivity contribution in [2.75, 3.05) is 0 Å². The number of hydrogen-bond acceptors (Lipinski definition) is 1. The van der Waals surface area contributed by atoms with Gasteiger partial charge in [-0.3, -0.25) is 5.09 Å². The van der Waals surface area contributed by atoms with Crippen LogP contribution in [0.1, 0.15) is 34.6 Å². The van der Waals surface area contributed by atoms with Gasteiger partial charge in [0.15, 0.2) is 0 Å². The third-order valence-corrected chi connectivity index (χ3v) is 8.89. The zero-order valence-electron chi connectivity index (χ0n) is 10.8. The third kappa shape index (κ3) is 2.94.